The molecule has 6 nitrogen and oxygen atoms in total. The van der Waals surface area contributed by atoms with Gasteiger partial charge in [0.25, 0.3) is 5.69 Å². The van der Waals surface area contributed by atoms with Crippen LogP contribution in [-0.4, -0.2) is 48.2 Å². The van der Waals surface area contributed by atoms with Crippen molar-refractivity contribution in [2.45, 2.75) is 25.0 Å². The Hall–Kier alpha value is -1.37. The summed E-state index contributed by atoms with van der Waals surface area (Å²) in [5, 5.41) is 14.3. The Morgan fingerprint density at radius 2 is 2.38 bits per heavy atom. The number of nitro groups is 1. The topological polar surface area (TPSA) is 67.6 Å². The Balaban J connectivity index is 1.56. The number of halogens is 1. The molecule has 0 bridgehead atoms. The Morgan fingerprint density at radius 3 is 3.14 bits per heavy atom. The van der Waals surface area contributed by atoms with Gasteiger partial charge in [-0.25, -0.2) is 0 Å². The molecule has 0 saturated carbocycles. The molecular formula is C14H18ClN3O3. The molecule has 2 aliphatic rings. The fraction of sp³-hybridized carbons (Fsp3) is 0.571. The normalized spacial score (nSPS) is 25.6. The zero-order chi connectivity index (χ0) is 14.8. The summed E-state index contributed by atoms with van der Waals surface area (Å²) in [5.74, 6) is 0. The number of morpholine rings is 1. The molecule has 1 aromatic carbocycles. The maximum atomic E-state index is 10.7. The first-order chi connectivity index (χ1) is 10.1. The lowest BCUT2D eigenvalue weighted by Gasteiger charge is -2.35. The van der Waals surface area contributed by atoms with Crippen LogP contribution >= 0.6 is 11.6 Å². The first kappa shape index (κ1) is 14.6. The van der Waals surface area contributed by atoms with E-state index in [-0.39, 0.29) is 11.8 Å². The third-order valence-electron chi connectivity index (χ3n) is 4.15. The summed E-state index contributed by atoms with van der Waals surface area (Å²) in [4.78, 5) is 12.7. The molecule has 7 heteroatoms. The van der Waals surface area contributed by atoms with Crippen molar-refractivity contribution in [3.8, 4) is 0 Å². The Labute approximate surface area is 128 Å². The third kappa shape index (κ3) is 3.28. The number of hydrogen-bond donors (Lipinski definition) is 1. The molecule has 0 amide bonds. The summed E-state index contributed by atoms with van der Waals surface area (Å²) in [6.45, 7) is 3.53. The highest BCUT2D eigenvalue weighted by atomic mass is 35.5. The van der Waals surface area contributed by atoms with Gasteiger partial charge in [-0.1, -0.05) is 11.6 Å². The predicted octanol–water partition coefficient (Wildman–Crippen LogP) is 2.52. The maximum Gasteiger partial charge on any atom is 0.271 e. The largest absolute Gasteiger partial charge is 0.381 e. The van der Waals surface area contributed by atoms with Crippen LogP contribution in [0.4, 0.5) is 11.4 Å². The van der Waals surface area contributed by atoms with E-state index in [4.69, 9.17) is 16.3 Å². The Morgan fingerprint density at radius 1 is 1.52 bits per heavy atom. The Kier molecular flexibility index (Phi) is 4.28. The van der Waals surface area contributed by atoms with Gasteiger partial charge in [0, 0.05) is 31.3 Å². The van der Waals surface area contributed by atoms with Crippen LogP contribution in [0.15, 0.2) is 18.2 Å². The fourth-order valence-electron chi connectivity index (χ4n) is 2.99. The van der Waals surface area contributed by atoms with E-state index >= 15 is 0 Å². The van der Waals surface area contributed by atoms with Gasteiger partial charge in [0.1, 0.15) is 0 Å². The minimum Gasteiger partial charge on any atom is -0.381 e. The molecule has 1 aromatic rings. The number of non-ortho nitro benzene ring substituents is 1. The molecular weight excluding hydrogens is 294 g/mol. The van der Waals surface area contributed by atoms with E-state index in [9.17, 15) is 10.1 Å². The number of nitrogens with zero attached hydrogens (tertiary/aromatic N) is 2. The molecule has 3 rings (SSSR count). The van der Waals surface area contributed by atoms with Crippen LogP contribution in [0, 0.1) is 10.1 Å². The zero-order valence-electron chi connectivity index (χ0n) is 11.6. The average molecular weight is 312 g/mol. The molecule has 1 N–H and O–H groups in total. The number of benzene rings is 1. The smallest absolute Gasteiger partial charge is 0.271 e. The van der Waals surface area contributed by atoms with E-state index in [0.29, 0.717) is 23.3 Å². The van der Waals surface area contributed by atoms with Gasteiger partial charge in [-0.05, 0) is 25.5 Å². The van der Waals surface area contributed by atoms with Gasteiger partial charge in [-0.15, -0.1) is 0 Å². The van der Waals surface area contributed by atoms with Crippen LogP contribution in [0.3, 0.4) is 0 Å². The van der Waals surface area contributed by atoms with Gasteiger partial charge in [-0.3, -0.25) is 15.0 Å². The molecule has 0 radical (unpaired) electrons. The van der Waals surface area contributed by atoms with E-state index in [1.165, 1.54) is 25.0 Å². The van der Waals surface area contributed by atoms with Gasteiger partial charge < -0.3 is 10.1 Å². The molecule has 2 heterocycles. The second kappa shape index (κ2) is 6.17. The molecule has 0 spiro atoms. The molecule has 114 valence electrons. The van der Waals surface area contributed by atoms with Crippen molar-refractivity contribution >= 4 is 23.0 Å². The highest BCUT2D eigenvalue weighted by molar-refractivity contribution is 6.33. The maximum absolute atomic E-state index is 10.7. The first-order valence-electron chi connectivity index (χ1n) is 7.17. The lowest BCUT2D eigenvalue weighted by Crippen LogP contribution is -2.48. The first-order valence-corrected chi connectivity index (χ1v) is 7.55. The van der Waals surface area contributed by atoms with Gasteiger partial charge in [-0.2, -0.15) is 0 Å². The van der Waals surface area contributed by atoms with Gasteiger partial charge in [0.05, 0.1) is 28.3 Å². The van der Waals surface area contributed by atoms with Crippen molar-refractivity contribution < 1.29 is 9.66 Å². The molecule has 2 saturated heterocycles. The number of anilines is 1. The van der Waals surface area contributed by atoms with E-state index in [1.54, 1.807) is 6.07 Å². The quantitative estimate of drug-likeness (QED) is 0.683. The second-order valence-electron chi connectivity index (χ2n) is 5.55. The van der Waals surface area contributed by atoms with E-state index < -0.39 is 4.92 Å². The van der Waals surface area contributed by atoms with E-state index in [1.807, 2.05) is 0 Å². The van der Waals surface area contributed by atoms with Crippen LogP contribution in [0.1, 0.15) is 12.8 Å². The summed E-state index contributed by atoms with van der Waals surface area (Å²) in [6, 6.07) is 5.04. The predicted molar refractivity (Wildman–Crippen MR) is 80.9 cm³/mol. The summed E-state index contributed by atoms with van der Waals surface area (Å²) in [5.41, 5.74) is 0.703. The number of nitrogens with one attached hydrogen (secondary N) is 1. The van der Waals surface area contributed by atoms with Gasteiger partial charge in [0.2, 0.25) is 0 Å². The Bertz CT molecular complexity index is 540. The average Bonchev–Trinajstić information content (AvgIpc) is 2.93. The zero-order valence-corrected chi connectivity index (χ0v) is 12.4. The van der Waals surface area contributed by atoms with Gasteiger partial charge >= 0.3 is 0 Å². The second-order valence-corrected chi connectivity index (χ2v) is 5.96. The van der Waals surface area contributed by atoms with E-state index in [2.05, 4.69) is 10.2 Å². The highest BCUT2D eigenvalue weighted by Crippen LogP contribution is 2.27. The minimum atomic E-state index is -0.451. The summed E-state index contributed by atoms with van der Waals surface area (Å²) in [6.07, 6.45) is 2.61. The highest BCUT2D eigenvalue weighted by Gasteiger charge is 2.32. The van der Waals surface area contributed by atoms with Crippen LogP contribution in [0.25, 0.3) is 0 Å². The number of fused-ring (bicyclic) bond motifs is 1. The number of rotatable bonds is 4. The molecule has 0 aliphatic carbocycles. The summed E-state index contributed by atoms with van der Waals surface area (Å²) in [7, 11) is 0. The van der Waals surface area contributed by atoms with Crippen LogP contribution in [0.5, 0.6) is 0 Å². The minimum absolute atomic E-state index is 0.000579. The van der Waals surface area contributed by atoms with Crippen LogP contribution in [0.2, 0.25) is 5.02 Å². The molecule has 2 unspecified atom stereocenters. The standard InChI is InChI=1S/C14H18ClN3O3/c15-13-6-10(18(19)20)3-4-14(13)16-7-12-8-17-5-1-2-11(17)9-21-12/h3-4,6,11-12,16H,1-2,5,7-9H2. The lowest BCUT2D eigenvalue weighted by atomic mass is 10.2. The van der Waals surface area contributed by atoms with Gasteiger partial charge in [0.15, 0.2) is 0 Å². The molecule has 21 heavy (non-hydrogen) atoms. The van der Waals surface area contributed by atoms with Crippen molar-refractivity contribution in [2.24, 2.45) is 0 Å². The van der Waals surface area contributed by atoms with Crippen molar-refractivity contribution in [3.63, 3.8) is 0 Å². The van der Waals surface area contributed by atoms with Crippen molar-refractivity contribution in [3.05, 3.63) is 33.3 Å². The fourth-order valence-corrected chi connectivity index (χ4v) is 3.24. The third-order valence-corrected chi connectivity index (χ3v) is 4.46. The van der Waals surface area contributed by atoms with Crippen LogP contribution in [-0.2, 0) is 4.74 Å². The molecule has 2 atom stereocenters. The van der Waals surface area contributed by atoms with Crippen molar-refractivity contribution in [1.82, 2.24) is 4.90 Å². The summed E-state index contributed by atoms with van der Waals surface area (Å²) < 4.78 is 5.86. The summed E-state index contributed by atoms with van der Waals surface area (Å²) >= 11 is 6.06. The molecule has 2 aliphatic heterocycles. The number of nitro benzene ring substituents is 1. The number of hydrogen-bond acceptors (Lipinski definition) is 5. The SMILES string of the molecule is O=[N+]([O-])c1ccc(NCC2CN3CCCC3CO2)c(Cl)c1. The molecule has 0 aromatic heterocycles. The van der Waals surface area contributed by atoms with Crippen molar-refractivity contribution in [1.29, 1.82) is 0 Å². The van der Waals surface area contributed by atoms with Crippen LogP contribution < -0.4 is 5.32 Å². The monoisotopic (exact) mass is 311 g/mol. The molecule has 2 fully saturated rings. The number of ether oxygens (including phenoxy) is 1. The van der Waals surface area contributed by atoms with Crippen molar-refractivity contribution in [2.75, 3.05) is 31.6 Å². The lowest BCUT2D eigenvalue weighted by molar-refractivity contribution is -0.384. The van der Waals surface area contributed by atoms with E-state index in [0.717, 1.165) is 19.7 Å².